The molecule has 1 amide bonds. The van der Waals surface area contributed by atoms with Crippen molar-refractivity contribution in [3.05, 3.63) is 30.3 Å². The Labute approximate surface area is 126 Å². The highest BCUT2D eigenvalue weighted by molar-refractivity contribution is 5.85. The van der Waals surface area contributed by atoms with Crippen molar-refractivity contribution in [3.63, 3.8) is 0 Å². The molecule has 0 aromatic heterocycles. The predicted octanol–water partition coefficient (Wildman–Crippen LogP) is 2.09. The first kappa shape index (κ1) is 16.8. The summed E-state index contributed by atoms with van der Waals surface area (Å²) >= 11 is 0. The number of likely N-dealkylation sites (N-methyl/N-ethyl adjacent to an activating group) is 1. The third-order valence-electron chi connectivity index (χ3n) is 3.47. The Balaban J connectivity index is 0.00000200. The van der Waals surface area contributed by atoms with Gasteiger partial charge < -0.3 is 15.0 Å². The molecule has 4 nitrogen and oxygen atoms in total. The zero-order valence-corrected chi connectivity index (χ0v) is 12.7. The highest BCUT2D eigenvalue weighted by Crippen LogP contribution is 2.17. The minimum atomic E-state index is 0. The number of amides is 1. The van der Waals surface area contributed by atoms with Crippen LogP contribution in [0.2, 0.25) is 0 Å². The molecular formula is C15H23ClN2O2. The molecular weight excluding hydrogens is 276 g/mol. The topological polar surface area (TPSA) is 41.6 Å². The number of halogens is 1. The molecule has 0 aliphatic carbocycles. The monoisotopic (exact) mass is 298 g/mol. The van der Waals surface area contributed by atoms with Gasteiger partial charge in [-0.25, -0.2) is 0 Å². The number of nitrogens with one attached hydrogen (secondary N) is 1. The SMILES string of the molecule is CNCC1CCCN1C(=O)CCOc1ccccc1.Cl. The van der Waals surface area contributed by atoms with Gasteiger partial charge in [0.1, 0.15) is 5.75 Å². The maximum atomic E-state index is 12.1. The van der Waals surface area contributed by atoms with Crippen molar-refractivity contribution in [2.24, 2.45) is 0 Å². The largest absolute Gasteiger partial charge is 0.493 e. The summed E-state index contributed by atoms with van der Waals surface area (Å²) in [6.45, 7) is 2.22. The molecule has 1 fully saturated rings. The Bertz CT molecular complexity index is 400. The number of nitrogens with zero attached hydrogens (tertiary/aromatic N) is 1. The molecule has 0 radical (unpaired) electrons. The van der Waals surface area contributed by atoms with Gasteiger partial charge in [0.05, 0.1) is 13.0 Å². The van der Waals surface area contributed by atoms with Gasteiger partial charge in [-0.05, 0) is 32.0 Å². The van der Waals surface area contributed by atoms with E-state index in [0.29, 0.717) is 19.1 Å². The molecule has 5 heteroatoms. The second-order valence-electron chi connectivity index (χ2n) is 4.85. The Hall–Kier alpha value is -1.26. The summed E-state index contributed by atoms with van der Waals surface area (Å²) < 4.78 is 5.57. The zero-order valence-electron chi connectivity index (χ0n) is 11.9. The summed E-state index contributed by atoms with van der Waals surface area (Å²) in [6, 6.07) is 9.98. The number of hydrogen-bond donors (Lipinski definition) is 1. The van der Waals surface area contributed by atoms with Crippen LogP contribution in [0.3, 0.4) is 0 Å². The van der Waals surface area contributed by atoms with Gasteiger partial charge in [-0.15, -0.1) is 12.4 Å². The van der Waals surface area contributed by atoms with E-state index in [0.717, 1.165) is 31.7 Å². The summed E-state index contributed by atoms with van der Waals surface area (Å²) in [7, 11) is 1.93. The van der Waals surface area contributed by atoms with Gasteiger partial charge in [-0.2, -0.15) is 0 Å². The van der Waals surface area contributed by atoms with Gasteiger partial charge in [-0.1, -0.05) is 18.2 Å². The summed E-state index contributed by atoms with van der Waals surface area (Å²) in [5.41, 5.74) is 0. The molecule has 1 aliphatic heterocycles. The van der Waals surface area contributed by atoms with E-state index in [9.17, 15) is 4.79 Å². The van der Waals surface area contributed by atoms with Crippen LogP contribution in [-0.4, -0.2) is 43.6 Å². The molecule has 112 valence electrons. The first-order valence-electron chi connectivity index (χ1n) is 6.93. The van der Waals surface area contributed by atoms with E-state index in [-0.39, 0.29) is 18.3 Å². The number of rotatable bonds is 6. The predicted molar refractivity (Wildman–Crippen MR) is 82.5 cm³/mol. The van der Waals surface area contributed by atoms with Crippen molar-refractivity contribution in [3.8, 4) is 5.75 Å². The van der Waals surface area contributed by atoms with Crippen molar-refractivity contribution >= 4 is 18.3 Å². The molecule has 1 aromatic rings. The zero-order chi connectivity index (χ0) is 13.5. The molecule has 0 bridgehead atoms. The highest BCUT2D eigenvalue weighted by atomic mass is 35.5. The lowest BCUT2D eigenvalue weighted by atomic mass is 10.2. The number of benzene rings is 1. The summed E-state index contributed by atoms with van der Waals surface area (Å²) in [5, 5.41) is 3.15. The fourth-order valence-corrected chi connectivity index (χ4v) is 2.53. The molecule has 1 heterocycles. The molecule has 1 aromatic carbocycles. The van der Waals surface area contributed by atoms with Crippen LogP contribution in [0.15, 0.2) is 30.3 Å². The molecule has 1 N–H and O–H groups in total. The molecule has 0 spiro atoms. The first-order chi connectivity index (χ1) is 9.31. The van der Waals surface area contributed by atoms with Gasteiger partial charge in [-0.3, -0.25) is 4.79 Å². The quantitative estimate of drug-likeness (QED) is 0.874. The molecule has 0 saturated carbocycles. The number of carbonyl (C=O) groups is 1. The van der Waals surface area contributed by atoms with Crippen LogP contribution in [-0.2, 0) is 4.79 Å². The van der Waals surface area contributed by atoms with Crippen LogP contribution < -0.4 is 10.1 Å². The van der Waals surface area contributed by atoms with E-state index < -0.39 is 0 Å². The van der Waals surface area contributed by atoms with Crippen molar-refractivity contribution in [2.45, 2.75) is 25.3 Å². The molecule has 1 saturated heterocycles. The van der Waals surface area contributed by atoms with E-state index >= 15 is 0 Å². The van der Waals surface area contributed by atoms with Crippen LogP contribution in [0.5, 0.6) is 5.75 Å². The van der Waals surface area contributed by atoms with Crippen LogP contribution in [0.25, 0.3) is 0 Å². The Kier molecular flexibility index (Phi) is 7.41. The van der Waals surface area contributed by atoms with Crippen LogP contribution in [0.1, 0.15) is 19.3 Å². The third kappa shape index (κ3) is 4.69. The molecule has 1 atom stereocenters. The van der Waals surface area contributed by atoms with Crippen molar-refractivity contribution < 1.29 is 9.53 Å². The average molecular weight is 299 g/mol. The van der Waals surface area contributed by atoms with E-state index in [1.807, 2.05) is 42.3 Å². The second-order valence-corrected chi connectivity index (χ2v) is 4.85. The number of likely N-dealkylation sites (tertiary alicyclic amines) is 1. The van der Waals surface area contributed by atoms with Gasteiger partial charge in [0.15, 0.2) is 0 Å². The number of carbonyl (C=O) groups excluding carboxylic acids is 1. The van der Waals surface area contributed by atoms with Gasteiger partial charge in [0, 0.05) is 19.1 Å². The second kappa shape index (κ2) is 8.82. The third-order valence-corrected chi connectivity index (χ3v) is 3.47. The number of para-hydroxylation sites is 1. The fourth-order valence-electron chi connectivity index (χ4n) is 2.53. The Morgan fingerprint density at radius 2 is 2.15 bits per heavy atom. The molecule has 2 rings (SSSR count). The minimum absolute atomic E-state index is 0. The van der Waals surface area contributed by atoms with E-state index in [1.165, 1.54) is 0 Å². The van der Waals surface area contributed by atoms with Gasteiger partial charge in [0.2, 0.25) is 5.91 Å². The summed E-state index contributed by atoms with van der Waals surface area (Å²) in [4.78, 5) is 14.1. The van der Waals surface area contributed by atoms with E-state index in [1.54, 1.807) is 0 Å². The van der Waals surface area contributed by atoms with Crippen molar-refractivity contribution in [1.82, 2.24) is 10.2 Å². The maximum Gasteiger partial charge on any atom is 0.226 e. The molecule has 1 unspecified atom stereocenters. The Morgan fingerprint density at radius 1 is 1.40 bits per heavy atom. The van der Waals surface area contributed by atoms with Crippen molar-refractivity contribution in [2.75, 3.05) is 26.7 Å². The minimum Gasteiger partial charge on any atom is -0.493 e. The van der Waals surface area contributed by atoms with Crippen molar-refractivity contribution in [1.29, 1.82) is 0 Å². The lowest BCUT2D eigenvalue weighted by Gasteiger charge is -2.24. The number of ether oxygens (including phenoxy) is 1. The Morgan fingerprint density at radius 3 is 2.85 bits per heavy atom. The first-order valence-corrected chi connectivity index (χ1v) is 6.93. The van der Waals surface area contributed by atoms with Crippen LogP contribution in [0, 0.1) is 0 Å². The van der Waals surface area contributed by atoms with Crippen LogP contribution in [0.4, 0.5) is 0 Å². The fraction of sp³-hybridized carbons (Fsp3) is 0.533. The lowest BCUT2D eigenvalue weighted by Crippen LogP contribution is -2.41. The summed E-state index contributed by atoms with van der Waals surface area (Å²) in [6.07, 6.45) is 2.67. The van der Waals surface area contributed by atoms with Gasteiger partial charge in [0.25, 0.3) is 0 Å². The molecule has 20 heavy (non-hydrogen) atoms. The molecule has 1 aliphatic rings. The van der Waals surface area contributed by atoms with E-state index in [2.05, 4.69) is 5.32 Å². The van der Waals surface area contributed by atoms with E-state index in [4.69, 9.17) is 4.74 Å². The normalized spacial score (nSPS) is 17.6. The summed E-state index contributed by atoms with van der Waals surface area (Å²) in [5.74, 6) is 1.03. The van der Waals surface area contributed by atoms with Crippen LogP contribution >= 0.6 is 12.4 Å². The van der Waals surface area contributed by atoms with Gasteiger partial charge >= 0.3 is 0 Å². The standard InChI is InChI=1S/C15H22N2O2.ClH/c1-16-12-13-6-5-10-17(13)15(18)9-11-19-14-7-3-2-4-8-14;/h2-4,7-8,13,16H,5-6,9-12H2,1H3;1H. The maximum absolute atomic E-state index is 12.1. The lowest BCUT2D eigenvalue weighted by molar-refractivity contribution is -0.132. The average Bonchev–Trinajstić information content (AvgIpc) is 2.89. The smallest absolute Gasteiger partial charge is 0.226 e. The number of hydrogen-bond acceptors (Lipinski definition) is 3. The highest BCUT2D eigenvalue weighted by Gasteiger charge is 2.27.